The van der Waals surface area contributed by atoms with Crippen LogP contribution >= 0.6 is 81.8 Å². The SMILES string of the molecule is Brc1ccc(-c2ccc(N(c3ccccc3)c3ccc(-c4cccc5c4sc4ccccc45)cc3)cc2)cc1.Brc1ccccc1-c1ccc(N(c2ccccc2)c2cc3ccccc3c3c2sc2ccccc23)cc1.Cc1ccc(N(c2ccc(-c3ccc(Br)cc3)cc2)c2ccc3c(c2)sc2ncccc23)cc1. The topological polar surface area (TPSA) is 22.6 Å². The molecule has 526 valence electrons. The van der Waals surface area contributed by atoms with Gasteiger partial charge in [-0.3, -0.25) is 0 Å². The van der Waals surface area contributed by atoms with Crippen molar-refractivity contribution in [3.63, 3.8) is 0 Å². The number of thiophene rings is 3. The van der Waals surface area contributed by atoms with E-state index in [0.29, 0.717) is 0 Å². The van der Waals surface area contributed by atoms with Gasteiger partial charge in [-0.2, -0.15) is 0 Å². The maximum atomic E-state index is 4.56. The van der Waals surface area contributed by atoms with E-state index in [2.05, 4.69) is 451 Å². The first-order valence-corrected chi connectivity index (χ1v) is 41.3. The van der Waals surface area contributed by atoms with Crippen LogP contribution in [-0.4, -0.2) is 4.98 Å². The van der Waals surface area contributed by atoms with E-state index in [9.17, 15) is 0 Å². The lowest BCUT2D eigenvalue weighted by molar-refractivity contribution is 1.28. The Labute approximate surface area is 676 Å². The summed E-state index contributed by atoms with van der Waals surface area (Å²) < 4.78 is 9.81. The van der Waals surface area contributed by atoms with Crippen LogP contribution in [0.15, 0.2) is 402 Å². The summed E-state index contributed by atoms with van der Waals surface area (Å²) in [6.07, 6.45) is 1.87. The first-order chi connectivity index (χ1) is 54.2. The Morgan fingerprint density at radius 1 is 0.264 bits per heavy atom. The first-order valence-electron chi connectivity index (χ1n) is 36.4. The van der Waals surface area contributed by atoms with Gasteiger partial charge in [0.15, 0.2) is 0 Å². The number of benzene rings is 16. The monoisotopic (exact) mass is 1660 g/mol. The molecule has 0 saturated heterocycles. The Morgan fingerprint density at radius 3 is 1.27 bits per heavy atom. The number of nitrogens with zero attached hydrogens (tertiary/aromatic N) is 4. The summed E-state index contributed by atoms with van der Waals surface area (Å²) in [5.74, 6) is 0. The van der Waals surface area contributed by atoms with Crippen LogP contribution in [0.1, 0.15) is 5.56 Å². The number of rotatable bonds is 13. The molecular formula is C100H67Br3N4S3. The largest absolute Gasteiger partial charge is 0.311 e. The third kappa shape index (κ3) is 14.2. The molecule has 20 aromatic rings. The van der Waals surface area contributed by atoms with Crippen LogP contribution in [0.5, 0.6) is 0 Å². The molecule has 0 saturated carbocycles. The smallest absolute Gasteiger partial charge is 0.124 e. The van der Waals surface area contributed by atoms with Gasteiger partial charge in [0.2, 0.25) is 0 Å². The molecule has 16 aromatic carbocycles. The number of fused-ring (bicyclic) bond motifs is 11. The van der Waals surface area contributed by atoms with Crippen LogP contribution in [0.2, 0.25) is 0 Å². The van der Waals surface area contributed by atoms with Gasteiger partial charge >= 0.3 is 0 Å². The maximum absolute atomic E-state index is 4.56. The molecule has 10 heteroatoms. The van der Waals surface area contributed by atoms with Crippen molar-refractivity contribution >= 4 is 204 Å². The van der Waals surface area contributed by atoms with E-state index in [1.54, 1.807) is 11.3 Å². The van der Waals surface area contributed by atoms with Crippen molar-refractivity contribution in [1.82, 2.24) is 4.98 Å². The number of pyridine rings is 1. The summed E-state index contributed by atoms with van der Waals surface area (Å²) in [5, 5.41) is 10.3. The van der Waals surface area contributed by atoms with Gasteiger partial charge in [0, 0.05) is 116 Å². The minimum Gasteiger partial charge on any atom is -0.311 e. The van der Waals surface area contributed by atoms with E-state index in [-0.39, 0.29) is 0 Å². The van der Waals surface area contributed by atoms with Gasteiger partial charge < -0.3 is 14.7 Å². The number of halogens is 3. The predicted octanol–water partition coefficient (Wildman–Crippen LogP) is 32.4. The van der Waals surface area contributed by atoms with Crippen molar-refractivity contribution in [3.05, 3.63) is 407 Å². The summed E-state index contributed by atoms with van der Waals surface area (Å²) in [5.41, 5.74) is 21.2. The standard InChI is InChI=1S/C36H24BrNS.C34H22BrNS.C30H21BrN2S/c37-28-19-13-25(14-20-28)26-15-21-30(22-16-26)38(29-7-2-1-3-8-29)31-23-17-27(18-24-31)32-10-6-11-34-33-9-4-5-12-35(33)39-36(32)34;35-30-16-8-6-13-27(30)23-18-20-26(21-19-23)36(25-11-2-1-3-12-25)31-22-24-10-4-5-14-28(24)33-29-15-7-9-17-32(29)37-34(31)33;1-20-4-12-24(13-5-20)33(25-14-8-22(9-15-25)21-6-10-23(31)11-7-21)26-16-17-27-28-3-2-18-32-30(28)34-29(27)19-26/h1-24H;1-22H;2-19H,1H3. The summed E-state index contributed by atoms with van der Waals surface area (Å²) in [6, 6.07) is 137. The summed E-state index contributed by atoms with van der Waals surface area (Å²) in [6.45, 7) is 2.12. The Kier molecular flexibility index (Phi) is 19.9. The van der Waals surface area contributed by atoms with Gasteiger partial charge in [0.05, 0.1) is 10.4 Å². The van der Waals surface area contributed by atoms with Crippen LogP contribution < -0.4 is 14.7 Å². The summed E-state index contributed by atoms with van der Waals surface area (Å²) in [4.78, 5) is 12.7. The summed E-state index contributed by atoms with van der Waals surface area (Å²) in [7, 11) is 0. The van der Waals surface area contributed by atoms with Crippen LogP contribution in [0.25, 0.3) is 116 Å². The molecule has 0 aliphatic heterocycles. The fourth-order valence-corrected chi connectivity index (χ4v) is 19.4. The first kappa shape index (κ1) is 70.1. The maximum Gasteiger partial charge on any atom is 0.124 e. The molecule has 0 radical (unpaired) electrons. The van der Waals surface area contributed by atoms with Crippen LogP contribution in [-0.2, 0) is 0 Å². The molecule has 20 rings (SSSR count). The normalized spacial score (nSPS) is 11.3. The second-order valence-corrected chi connectivity index (χ2v) is 32.9. The van der Waals surface area contributed by atoms with Gasteiger partial charge in [-0.05, 0) is 220 Å². The second-order valence-electron chi connectivity index (χ2n) is 27.0. The molecule has 110 heavy (non-hydrogen) atoms. The Morgan fingerprint density at radius 2 is 0.673 bits per heavy atom. The van der Waals surface area contributed by atoms with Crippen molar-refractivity contribution in [2.24, 2.45) is 0 Å². The van der Waals surface area contributed by atoms with E-state index in [4.69, 9.17) is 0 Å². The van der Waals surface area contributed by atoms with Crippen molar-refractivity contribution < 1.29 is 0 Å². The fraction of sp³-hybridized carbons (Fsp3) is 0.0100. The third-order valence-electron chi connectivity index (χ3n) is 20.2. The van der Waals surface area contributed by atoms with Crippen molar-refractivity contribution in [3.8, 4) is 44.5 Å². The van der Waals surface area contributed by atoms with Crippen molar-refractivity contribution in [2.45, 2.75) is 6.92 Å². The molecule has 0 fully saturated rings. The molecule has 4 heterocycles. The van der Waals surface area contributed by atoms with Gasteiger partial charge in [-0.1, -0.05) is 278 Å². The van der Waals surface area contributed by atoms with Crippen molar-refractivity contribution in [2.75, 3.05) is 14.7 Å². The number of para-hydroxylation sites is 2. The number of hydrogen-bond donors (Lipinski definition) is 0. The molecule has 0 spiro atoms. The molecule has 4 aromatic heterocycles. The number of hydrogen-bond acceptors (Lipinski definition) is 7. The zero-order valence-electron chi connectivity index (χ0n) is 59.6. The highest BCUT2D eigenvalue weighted by Crippen LogP contribution is 2.50. The molecule has 0 aliphatic carbocycles. The lowest BCUT2D eigenvalue weighted by atomic mass is 10.0. The highest BCUT2D eigenvalue weighted by atomic mass is 79.9. The highest BCUT2D eigenvalue weighted by molar-refractivity contribution is 9.11. The molecule has 0 atom stereocenters. The molecular weight excluding hydrogens is 1590 g/mol. The number of anilines is 9. The molecule has 0 unspecified atom stereocenters. The summed E-state index contributed by atoms with van der Waals surface area (Å²) >= 11 is 16.3. The van der Waals surface area contributed by atoms with Crippen molar-refractivity contribution in [1.29, 1.82) is 0 Å². The quantitative estimate of drug-likeness (QED) is 0.115. The Hall–Kier alpha value is -11.6. The second kappa shape index (κ2) is 31.2. The highest BCUT2D eigenvalue weighted by Gasteiger charge is 2.23. The van der Waals surface area contributed by atoms with Gasteiger partial charge in [0.1, 0.15) is 4.83 Å². The van der Waals surface area contributed by atoms with Gasteiger partial charge in [-0.25, -0.2) is 4.98 Å². The van der Waals surface area contributed by atoms with Gasteiger partial charge in [-0.15, -0.1) is 34.0 Å². The average Bonchev–Trinajstić information content (AvgIpc) is 1.56. The van der Waals surface area contributed by atoms with E-state index >= 15 is 0 Å². The zero-order valence-corrected chi connectivity index (χ0v) is 66.8. The predicted molar refractivity (Wildman–Crippen MR) is 487 cm³/mol. The fourth-order valence-electron chi connectivity index (χ4n) is 14.8. The Bertz CT molecular complexity index is 6670. The molecule has 0 aliphatic rings. The zero-order chi connectivity index (χ0) is 74.0. The Balaban J connectivity index is 0.000000116. The van der Waals surface area contributed by atoms with Gasteiger partial charge in [0.25, 0.3) is 0 Å². The lowest BCUT2D eigenvalue weighted by Crippen LogP contribution is -2.10. The molecule has 0 N–H and O–H groups in total. The molecule has 0 amide bonds. The average molecular weight is 1660 g/mol. The number of aryl methyl sites for hydroxylation is 1. The molecule has 4 nitrogen and oxygen atoms in total. The minimum absolute atomic E-state index is 1.08. The van der Waals surface area contributed by atoms with Crippen LogP contribution in [0.4, 0.5) is 51.2 Å². The van der Waals surface area contributed by atoms with E-state index in [0.717, 1.165) is 63.7 Å². The minimum atomic E-state index is 1.08. The van der Waals surface area contributed by atoms with E-state index < -0.39 is 0 Å². The number of aromatic nitrogens is 1. The molecule has 0 bridgehead atoms. The van der Waals surface area contributed by atoms with Crippen LogP contribution in [0.3, 0.4) is 0 Å². The van der Waals surface area contributed by atoms with Crippen LogP contribution in [0, 0.1) is 6.92 Å². The van der Waals surface area contributed by atoms with E-state index in [1.165, 1.54) is 122 Å². The lowest BCUT2D eigenvalue weighted by Gasteiger charge is -2.27. The van der Waals surface area contributed by atoms with E-state index in [1.807, 2.05) is 34.9 Å². The third-order valence-corrected chi connectivity index (χ3v) is 25.4.